The van der Waals surface area contributed by atoms with Crippen molar-refractivity contribution in [3.05, 3.63) is 0 Å². The molecule has 0 unspecified atom stereocenters. The van der Waals surface area contributed by atoms with E-state index in [-0.39, 0.29) is 30.1 Å². The first kappa shape index (κ1) is 21.0. The Morgan fingerprint density at radius 2 is 1.74 bits per heavy atom. The highest BCUT2D eigenvalue weighted by atomic mass is 127. The van der Waals surface area contributed by atoms with Crippen LogP contribution in [0, 0.1) is 5.92 Å². The molecule has 2 aliphatic rings. The summed E-state index contributed by atoms with van der Waals surface area (Å²) in [5.41, 5.74) is 0. The fourth-order valence-electron chi connectivity index (χ4n) is 3.77. The number of aliphatic hydroxyl groups excluding tert-OH is 1. The Labute approximate surface area is 159 Å². The lowest BCUT2D eigenvalue weighted by molar-refractivity contribution is 0.120. The van der Waals surface area contributed by atoms with Gasteiger partial charge in [-0.15, -0.1) is 24.0 Å². The molecule has 0 spiro atoms. The Bertz CT molecular complexity index is 324. The summed E-state index contributed by atoms with van der Waals surface area (Å²) < 4.78 is 0. The van der Waals surface area contributed by atoms with Crippen molar-refractivity contribution in [2.45, 2.75) is 89.7 Å². The standard InChI is InChI=1S/C18H35N3O.HI/c1-2-19-18(21-16-10-12-17(22)13-11-16)20-14-6-5-9-15-7-3-4-8-15;/h15-17,22H,2-14H2,1H3,(H2,19,20,21);1H. The van der Waals surface area contributed by atoms with Gasteiger partial charge in [0.05, 0.1) is 6.10 Å². The van der Waals surface area contributed by atoms with Gasteiger partial charge in [0.25, 0.3) is 0 Å². The summed E-state index contributed by atoms with van der Waals surface area (Å²) in [6.07, 6.45) is 13.6. The SMILES string of the molecule is CCNC(=NCCCCC1CCCC1)NC1CCC(O)CC1.I. The summed E-state index contributed by atoms with van der Waals surface area (Å²) in [4.78, 5) is 4.72. The van der Waals surface area contributed by atoms with Crippen LogP contribution in [0.3, 0.4) is 0 Å². The van der Waals surface area contributed by atoms with Gasteiger partial charge in [0.15, 0.2) is 5.96 Å². The van der Waals surface area contributed by atoms with Crippen molar-refractivity contribution in [2.24, 2.45) is 10.9 Å². The molecule has 2 rings (SSSR count). The van der Waals surface area contributed by atoms with Gasteiger partial charge in [-0.25, -0.2) is 0 Å². The fraction of sp³-hybridized carbons (Fsp3) is 0.944. The number of nitrogens with one attached hydrogen (secondary N) is 2. The third-order valence-electron chi connectivity index (χ3n) is 5.15. The number of rotatable bonds is 7. The number of guanidine groups is 1. The van der Waals surface area contributed by atoms with Crippen LogP contribution in [0.5, 0.6) is 0 Å². The fourth-order valence-corrected chi connectivity index (χ4v) is 3.77. The van der Waals surface area contributed by atoms with E-state index in [1.165, 1.54) is 44.9 Å². The van der Waals surface area contributed by atoms with Crippen molar-refractivity contribution in [1.29, 1.82) is 0 Å². The molecule has 4 nitrogen and oxygen atoms in total. The molecule has 0 atom stereocenters. The smallest absolute Gasteiger partial charge is 0.191 e. The minimum absolute atomic E-state index is 0. The predicted octanol–water partition coefficient (Wildman–Crippen LogP) is 3.82. The average molecular weight is 437 g/mol. The molecule has 0 aliphatic heterocycles. The van der Waals surface area contributed by atoms with Crippen LogP contribution >= 0.6 is 24.0 Å². The Morgan fingerprint density at radius 3 is 2.39 bits per heavy atom. The maximum atomic E-state index is 9.58. The van der Waals surface area contributed by atoms with Gasteiger partial charge in [0.1, 0.15) is 0 Å². The second kappa shape index (κ2) is 12.3. The largest absolute Gasteiger partial charge is 0.393 e. The van der Waals surface area contributed by atoms with Gasteiger partial charge in [-0.05, 0) is 44.9 Å². The quantitative estimate of drug-likeness (QED) is 0.246. The molecule has 0 heterocycles. The van der Waals surface area contributed by atoms with E-state index in [4.69, 9.17) is 4.99 Å². The molecular weight excluding hydrogens is 401 g/mol. The highest BCUT2D eigenvalue weighted by Gasteiger charge is 2.20. The van der Waals surface area contributed by atoms with Crippen molar-refractivity contribution in [3.63, 3.8) is 0 Å². The summed E-state index contributed by atoms with van der Waals surface area (Å²) in [5, 5.41) is 16.5. The van der Waals surface area contributed by atoms with Crippen molar-refractivity contribution in [3.8, 4) is 0 Å². The molecule has 23 heavy (non-hydrogen) atoms. The maximum absolute atomic E-state index is 9.58. The Balaban J connectivity index is 0.00000264. The van der Waals surface area contributed by atoms with E-state index in [0.717, 1.165) is 50.7 Å². The second-order valence-electron chi connectivity index (χ2n) is 7.06. The van der Waals surface area contributed by atoms with E-state index in [0.29, 0.717) is 6.04 Å². The number of nitrogens with zero attached hydrogens (tertiary/aromatic N) is 1. The highest BCUT2D eigenvalue weighted by Crippen LogP contribution is 2.28. The zero-order chi connectivity index (χ0) is 15.6. The van der Waals surface area contributed by atoms with E-state index in [1.54, 1.807) is 0 Å². The number of aliphatic imine (C=N–C) groups is 1. The van der Waals surface area contributed by atoms with Crippen LogP contribution in [-0.4, -0.2) is 36.3 Å². The van der Waals surface area contributed by atoms with Crippen LogP contribution in [0.15, 0.2) is 4.99 Å². The molecule has 0 aromatic carbocycles. The van der Waals surface area contributed by atoms with Gasteiger partial charge in [0.2, 0.25) is 0 Å². The summed E-state index contributed by atoms with van der Waals surface area (Å²) in [5.74, 6) is 1.97. The third kappa shape index (κ3) is 8.57. The lowest BCUT2D eigenvalue weighted by Crippen LogP contribution is -2.45. The summed E-state index contributed by atoms with van der Waals surface area (Å²) in [7, 11) is 0. The van der Waals surface area contributed by atoms with Gasteiger partial charge in [-0.1, -0.05) is 38.5 Å². The molecule has 2 fully saturated rings. The first-order valence-electron chi connectivity index (χ1n) is 9.51. The highest BCUT2D eigenvalue weighted by molar-refractivity contribution is 14.0. The summed E-state index contributed by atoms with van der Waals surface area (Å²) in [6, 6.07) is 0.472. The van der Waals surface area contributed by atoms with Gasteiger partial charge in [-0.2, -0.15) is 0 Å². The van der Waals surface area contributed by atoms with Crippen LogP contribution in [0.4, 0.5) is 0 Å². The lowest BCUT2D eigenvalue weighted by Gasteiger charge is -2.27. The average Bonchev–Trinajstić information content (AvgIpc) is 3.02. The van der Waals surface area contributed by atoms with Crippen molar-refractivity contribution >= 4 is 29.9 Å². The lowest BCUT2D eigenvalue weighted by atomic mass is 9.93. The molecular formula is C18H36IN3O. The van der Waals surface area contributed by atoms with Crippen LogP contribution in [0.1, 0.15) is 77.6 Å². The maximum Gasteiger partial charge on any atom is 0.191 e. The van der Waals surface area contributed by atoms with Crippen LogP contribution < -0.4 is 10.6 Å². The third-order valence-corrected chi connectivity index (χ3v) is 5.15. The van der Waals surface area contributed by atoms with Crippen molar-refractivity contribution in [1.82, 2.24) is 10.6 Å². The topological polar surface area (TPSA) is 56.7 Å². The number of hydrogen-bond donors (Lipinski definition) is 3. The van der Waals surface area contributed by atoms with E-state index in [1.807, 2.05) is 0 Å². The Kier molecular flexibility index (Phi) is 11.3. The Hall–Kier alpha value is -0.0400. The monoisotopic (exact) mass is 437 g/mol. The van der Waals surface area contributed by atoms with Crippen LogP contribution in [-0.2, 0) is 0 Å². The van der Waals surface area contributed by atoms with E-state index in [9.17, 15) is 5.11 Å². The zero-order valence-electron chi connectivity index (χ0n) is 14.7. The van der Waals surface area contributed by atoms with Gasteiger partial charge in [0, 0.05) is 19.1 Å². The summed E-state index contributed by atoms with van der Waals surface area (Å²) in [6.45, 7) is 3.95. The Morgan fingerprint density at radius 1 is 1.04 bits per heavy atom. The zero-order valence-corrected chi connectivity index (χ0v) is 17.1. The van der Waals surface area contributed by atoms with Crippen LogP contribution in [0.25, 0.3) is 0 Å². The van der Waals surface area contributed by atoms with Gasteiger partial charge in [-0.3, -0.25) is 4.99 Å². The molecule has 0 radical (unpaired) electrons. The molecule has 5 heteroatoms. The summed E-state index contributed by atoms with van der Waals surface area (Å²) >= 11 is 0. The van der Waals surface area contributed by atoms with E-state index in [2.05, 4.69) is 17.6 Å². The molecule has 0 bridgehead atoms. The molecule has 2 saturated carbocycles. The molecule has 2 aliphatic carbocycles. The number of halogens is 1. The molecule has 0 amide bonds. The van der Waals surface area contributed by atoms with Gasteiger partial charge < -0.3 is 15.7 Å². The second-order valence-corrected chi connectivity index (χ2v) is 7.06. The first-order valence-corrected chi connectivity index (χ1v) is 9.51. The molecule has 0 saturated heterocycles. The predicted molar refractivity (Wildman–Crippen MR) is 109 cm³/mol. The van der Waals surface area contributed by atoms with E-state index >= 15 is 0 Å². The van der Waals surface area contributed by atoms with Crippen molar-refractivity contribution in [2.75, 3.05) is 13.1 Å². The van der Waals surface area contributed by atoms with Gasteiger partial charge >= 0.3 is 0 Å². The molecule has 136 valence electrons. The van der Waals surface area contributed by atoms with E-state index < -0.39 is 0 Å². The molecule has 0 aromatic rings. The minimum Gasteiger partial charge on any atom is -0.393 e. The number of hydrogen-bond acceptors (Lipinski definition) is 2. The minimum atomic E-state index is -0.0897. The van der Waals surface area contributed by atoms with Crippen molar-refractivity contribution < 1.29 is 5.11 Å². The normalized spacial score (nSPS) is 25.9. The molecule has 0 aromatic heterocycles. The first-order chi connectivity index (χ1) is 10.8. The van der Waals surface area contributed by atoms with Crippen LogP contribution in [0.2, 0.25) is 0 Å². The number of unbranched alkanes of at least 4 members (excludes halogenated alkanes) is 1. The number of aliphatic hydroxyl groups is 1. The molecule has 3 N–H and O–H groups in total.